The van der Waals surface area contributed by atoms with Crippen molar-refractivity contribution in [2.75, 3.05) is 13.2 Å². The van der Waals surface area contributed by atoms with Gasteiger partial charge in [0, 0.05) is 11.6 Å². The van der Waals surface area contributed by atoms with Crippen LogP contribution in [-0.4, -0.2) is 18.3 Å². The molecule has 0 aliphatic heterocycles. The number of hydrogen-bond acceptors (Lipinski definition) is 3. The first-order valence-electron chi connectivity index (χ1n) is 5.99. The van der Waals surface area contributed by atoms with Crippen LogP contribution in [0.4, 0.5) is 4.39 Å². The van der Waals surface area contributed by atoms with E-state index in [2.05, 4.69) is 0 Å². The zero-order valence-corrected chi connectivity index (χ0v) is 10.4. The summed E-state index contributed by atoms with van der Waals surface area (Å²) >= 11 is 0. The van der Waals surface area contributed by atoms with Crippen LogP contribution in [0.5, 0.6) is 11.5 Å². The van der Waals surface area contributed by atoms with E-state index in [1.165, 1.54) is 12.1 Å². The van der Waals surface area contributed by atoms with Crippen LogP contribution in [-0.2, 0) is 6.61 Å². The second-order valence-corrected chi connectivity index (χ2v) is 3.92. The zero-order chi connectivity index (χ0) is 13.5. The van der Waals surface area contributed by atoms with Crippen molar-refractivity contribution in [2.45, 2.75) is 6.61 Å². The minimum absolute atomic E-state index is 0.0685. The van der Waals surface area contributed by atoms with Gasteiger partial charge in [-0.05, 0) is 18.2 Å². The lowest BCUT2D eigenvalue weighted by molar-refractivity contribution is 0.209. The Hall–Kier alpha value is -2.07. The summed E-state index contributed by atoms with van der Waals surface area (Å²) in [6.07, 6.45) is 0. The van der Waals surface area contributed by atoms with Crippen molar-refractivity contribution in [3.63, 3.8) is 0 Å². The quantitative estimate of drug-likeness (QED) is 0.813. The molecule has 0 radical (unpaired) electrons. The van der Waals surface area contributed by atoms with Crippen molar-refractivity contribution < 1.29 is 19.0 Å². The van der Waals surface area contributed by atoms with Crippen LogP contribution >= 0.6 is 0 Å². The average Bonchev–Trinajstić information content (AvgIpc) is 2.44. The molecule has 0 aromatic heterocycles. The van der Waals surface area contributed by atoms with E-state index in [1.54, 1.807) is 24.3 Å². The number of ether oxygens (including phenoxy) is 2. The summed E-state index contributed by atoms with van der Waals surface area (Å²) < 4.78 is 23.8. The van der Waals surface area contributed by atoms with Crippen molar-refractivity contribution in [1.82, 2.24) is 0 Å². The summed E-state index contributed by atoms with van der Waals surface area (Å²) in [7, 11) is 0. The van der Waals surface area contributed by atoms with Crippen LogP contribution in [0.2, 0.25) is 0 Å². The molecule has 0 saturated carbocycles. The molecular weight excluding hydrogens is 247 g/mol. The molecule has 2 rings (SSSR count). The fourth-order valence-corrected chi connectivity index (χ4v) is 1.64. The predicted molar refractivity (Wildman–Crippen MR) is 69.8 cm³/mol. The first-order valence-corrected chi connectivity index (χ1v) is 5.99. The standard InChI is InChI=1S/C15H15FO3/c16-13-5-3-6-14(10-13)18-8-9-19-15-7-2-1-4-12(15)11-17/h1-7,10,17H,8-9,11H2. The van der Waals surface area contributed by atoms with Gasteiger partial charge in [-0.25, -0.2) is 4.39 Å². The molecule has 2 aromatic rings. The minimum atomic E-state index is -0.330. The maximum Gasteiger partial charge on any atom is 0.126 e. The van der Waals surface area contributed by atoms with Crippen LogP contribution in [0, 0.1) is 5.82 Å². The molecule has 0 fully saturated rings. The van der Waals surface area contributed by atoms with Gasteiger partial charge >= 0.3 is 0 Å². The topological polar surface area (TPSA) is 38.7 Å². The summed E-state index contributed by atoms with van der Waals surface area (Å²) in [6.45, 7) is 0.567. The van der Waals surface area contributed by atoms with Crippen molar-refractivity contribution in [3.05, 3.63) is 59.9 Å². The molecule has 0 unspecified atom stereocenters. The Balaban J connectivity index is 1.81. The summed E-state index contributed by atoms with van der Waals surface area (Å²) in [5, 5.41) is 9.13. The highest BCUT2D eigenvalue weighted by atomic mass is 19.1. The number of rotatable bonds is 6. The maximum atomic E-state index is 12.9. The summed E-state index contributed by atoms with van der Waals surface area (Å²) in [5.41, 5.74) is 0.730. The van der Waals surface area contributed by atoms with Gasteiger partial charge in [0.1, 0.15) is 30.5 Å². The molecule has 0 amide bonds. The molecule has 4 heteroatoms. The lowest BCUT2D eigenvalue weighted by Gasteiger charge is -2.10. The fourth-order valence-electron chi connectivity index (χ4n) is 1.64. The molecule has 1 N–H and O–H groups in total. The van der Waals surface area contributed by atoms with E-state index in [0.717, 1.165) is 5.56 Å². The SMILES string of the molecule is OCc1ccccc1OCCOc1cccc(F)c1. The van der Waals surface area contributed by atoms with Gasteiger partial charge in [0.2, 0.25) is 0 Å². The Morgan fingerprint density at radius 3 is 2.53 bits per heavy atom. The number of aliphatic hydroxyl groups excluding tert-OH is 1. The van der Waals surface area contributed by atoms with Gasteiger partial charge in [0.15, 0.2) is 0 Å². The second kappa shape index (κ2) is 6.75. The lowest BCUT2D eigenvalue weighted by atomic mass is 10.2. The summed E-state index contributed by atoms with van der Waals surface area (Å²) in [5.74, 6) is 0.774. The number of para-hydroxylation sites is 1. The van der Waals surface area contributed by atoms with Gasteiger partial charge in [0.25, 0.3) is 0 Å². The molecule has 2 aromatic carbocycles. The van der Waals surface area contributed by atoms with Crippen LogP contribution in [0.15, 0.2) is 48.5 Å². The van der Waals surface area contributed by atoms with E-state index < -0.39 is 0 Å². The smallest absolute Gasteiger partial charge is 0.126 e. The number of halogens is 1. The van der Waals surface area contributed by atoms with E-state index in [0.29, 0.717) is 24.7 Å². The Kier molecular flexibility index (Phi) is 4.75. The fraction of sp³-hybridized carbons (Fsp3) is 0.200. The molecule has 19 heavy (non-hydrogen) atoms. The molecule has 0 spiro atoms. The van der Waals surface area contributed by atoms with E-state index in [9.17, 15) is 4.39 Å². The third-order valence-corrected chi connectivity index (χ3v) is 2.55. The first kappa shape index (κ1) is 13.4. The molecular formula is C15H15FO3. The molecule has 3 nitrogen and oxygen atoms in total. The Labute approximate surface area is 111 Å². The average molecular weight is 262 g/mol. The molecule has 0 bridgehead atoms. The largest absolute Gasteiger partial charge is 0.490 e. The van der Waals surface area contributed by atoms with Crippen LogP contribution < -0.4 is 9.47 Å². The number of benzene rings is 2. The van der Waals surface area contributed by atoms with Gasteiger partial charge in [-0.3, -0.25) is 0 Å². The van der Waals surface area contributed by atoms with Crippen molar-refractivity contribution >= 4 is 0 Å². The van der Waals surface area contributed by atoms with Gasteiger partial charge in [-0.2, -0.15) is 0 Å². The molecule has 0 atom stereocenters. The predicted octanol–water partition coefficient (Wildman–Crippen LogP) is 2.78. The Morgan fingerprint density at radius 1 is 0.947 bits per heavy atom. The highest BCUT2D eigenvalue weighted by molar-refractivity contribution is 5.32. The number of hydrogen-bond donors (Lipinski definition) is 1. The second-order valence-electron chi connectivity index (χ2n) is 3.92. The van der Waals surface area contributed by atoms with Gasteiger partial charge in [0.05, 0.1) is 6.61 Å². The van der Waals surface area contributed by atoms with Gasteiger partial charge in [-0.1, -0.05) is 24.3 Å². The first-order chi connectivity index (χ1) is 9.29. The highest BCUT2D eigenvalue weighted by Gasteiger charge is 2.01. The van der Waals surface area contributed by atoms with E-state index in [1.807, 2.05) is 12.1 Å². The molecule has 0 heterocycles. The van der Waals surface area contributed by atoms with Crippen LogP contribution in [0.3, 0.4) is 0 Å². The van der Waals surface area contributed by atoms with Gasteiger partial charge in [-0.15, -0.1) is 0 Å². The van der Waals surface area contributed by atoms with Crippen molar-refractivity contribution in [1.29, 1.82) is 0 Å². The lowest BCUT2D eigenvalue weighted by Crippen LogP contribution is -2.10. The van der Waals surface area contributed by atoms with Crippen molar-refractivity contribution in [2.24, 2.45) is 0 Å². The number of aliphatic hydroxyl groups is 1. The third-order valence-electron chi connectivity index (χ3n) is 2.55. The van der Waals surface area contributed by atoms with Crippen molar-refractivity contribution in [3.8, 4) is 11.5 Å². The zero-order valence-electron chi connectivity index (χ0n) is 10.4. The third kappa shape index (κ3) is 3.96. The van der Waals surface area contributed by atoms with Gasteiger partial charge < -0.3 is 14.6 Å². The molecule has 100 valence electrons. The van der Waals surface area contributed by atoms with Crippen LogP contribution in [0.1, 0.15) is 5.56 Å². The summed E-state index contributed by atoms with van der Waals surface area (Å²) in [4.78, 5) is 0. The molecule has 0 aliphatic carbocycles. The monoisotopic (exact) mass is 262 g/mol. The normalized spacial score (nSPS) is 10.2. The Bertz CT molecular complexity index is 528. The van der Waals surface area contributed by atoms with E-state index >= 15 is 0 Å². The van der Waals surface area contributed by atoms with E-state index in [-0.39, 0.29) is 12.4 Å². The minimum Gasteiger partial charge on any atom is -0.490 e. The summed E-state index contributed by atoms with van der Waals surface area (Å²) in [6, 6.07) is 13.2. The van der Waals surface area contributed by atoms with E-state index in [4.69, 9.17) is 14.6 Å². The Morgan fingerprint density at radius 2 is 1.74 bits per heavy atom. The highest BCUT2D eigenvalue weighted by Crippen LogP contribution is 2.17. The molecule has 0 aliphatic rings. The maximum absolute atomic E-state index is 12.9. The molecule has 0 saturated heterocycles. The van der Waals surface area contributed by atoms with Crippen LogP contribution in [0.25, 0.3) is 0 Å².